The van der Waals surface area contributed by atoms with Gasteiger partial charge in [-0.3, -0.25) is 4.79 Å². The van der Waals surface area contributed by atoms with Crippen molar-refractivity contribution in [2.75, 3.05) is 6.61 Å². The Morgan fingerprint density at radius 2 is 1.85 bits per heavy atom. The number of ether oxygens (including phenoxy) is 1. The molecule has 144 valence electrons. The van der Waals surface area contributed by atoms with Crippen molar-refractivity contribution in [3.8, 4) is 5.75 Å². The number of amides is 1. The number of hydrogen-bond acceptors (Lipinski definition) is 4. The topological polar surface area (TPSA) is 59.9 Å². The van der Waals surface area contributed by atoms with E-state index in [-0.39, 0.29) is 24.3 Å². The third-order valence-corrected chi connectivity index (χ3v) is 3.69. The van der Waals surface area contributed by atoms with E-state index in [1.165, 1.54) is 23.9 Å². The van der Waals surface area contributed by atoms with E-state index in [0.29, 0.717) is 5.56 Å². The molecule has 2 aromatic carbocycles. The van der Waals surface area contributed by atoms with E-state index in [2.05, 4.69) is 27.3 Å². The number of aryl methyl sites for hydroxylation is 1. The van der Waals surface area contributed by atoms with Crippen LogP contribution in [0.1, 0.15) is 24.5 Å². The number of carbonyl (C=O) groups is 1. The molecule has 0 bridgehead atoms. The van der Waals surface area contributed by atoms with Gasteiger partial charge in [0, 0.05) is 6.04 Å². The minimum absolute atomic E-state index is 0.0210. The molecule has 1 unspecified atom stereocenters. The summed E-state index contributed by atoms with van der Waals surface area (Å²) in [7, 11) is 0. The Kier molecular flexibility index (Phi) is 8.22. The van der Waals surface area contributed by atoms with Crippen LogP contribution in [0.25, 0.3) is 0 Å². The standard InChI is InChI=1S/C20H22F2N2O3/c1-15(7-8-16-5-3-2-4-6-16)24-19(25)14-26-23-13-17-9-11-18(12-10-17)27-20(21)22/h2-6,9-13,15,20H,7-8,14H2,1H3,(H,24,25)/b23-13+. The van der Waals surface area contributed by atoms with E-state index in [1.807, 2.05) is 25.1 Å². The molecule has 0 radical (unpaired) electrons. The lowest BCUT2D eigenvalue weighted by molar-refractivity contribution is -0.126. The van der Waals surface area contributed by atoms with Gasteiger partial charge >= 0.3 is 6.61 Å². The molecule has 0 spiro atoms. The SMILES string of the molecule is CC(CCc1ccccc1)NC(=O)CO/N=C/c1ccc(OC(F)F)cc1. The second-order valence-electron chi connectivity index (χ2n) is 5.95. The van der Waals surface area contributed by atoms with Crippen molar-refractivity contribution >= 4 is 12.1 Å². The molecule has 7 heteroatoms. The molecule has 2 rings (SSSR count). The number of rotatable bonds is 10. The highest BCUT2D eigenvalue weighted by Crippen LogP contribution is 2.14. The summed E-state index contributed by atoms with van der Waals surface area (Å²) in [4.78, 5) is 16.8. The molecule has 5 nitrogen and oxygen atoms in total. The number of nitrogens with zero attached hydrogens (tertiary/aromatic N) is 1. The smallest absolute Gasteiger partial charge is 0.387 e. The molecule has 0 aliphatic heterocycles. The van der Waals surface area contributed by atoms with E-state index in [9.17, 15) is 13.6 Å². The van der Waals surface area contributed by atoms with Gasteiger partial charge in [-0.2, -0.15) is 8.78 Å². The molecule has 0 heterocycles. The molecule has 0 fully saturated rings. The quantitative estimate of drug-likeness (QED) is 0.507. The van der Waals surface area contributed by atoms with Crippen molar-refractivity contribution in [3.63, 3.8) is 0 Å². The lowest BCUT2D eigenvalue weighted by Crippen LogP contribution is -2.35. The van der Waals surface area contributed by atoms with Crippen LogP contribution < -0.4 is 10.1 Å². The molecule has 2 aromatic rings. The first-order chi connectivity index (χ1) is 13.0. The van der Waals surface area contributed by atoms with Gasteiger partial charge in [-0.1, -0.05) is 35.5 Å². The zero-order chi connectivity index (χ0) is 19.5. The summed E-state index contributed by atoms with van der Waals surface area (Å²) in [5.41, 5.74) is 1.86. The number of hydrogen-bond donors (Lipinski definition) is 1. The lowest BCUT2D eigenvalue weighted by Gasteiger charge is -2.13. The molecule has 0 aliphatic carbocycles. The van der Waals surface area contributed by atoms with E-state index in [4.69, 9.17) is 4.84 Å². The van der Waals surface area contributed by atoms with Gasteiger partial charge in [0.1, 0.15) is 5.75 Å². The fourth-order valence-corrected chi connectivity index (χ4v) is 2.35. The molecular formula is C20H22F2N2O3. The van der Waals surface area contributed by atoms with Gasteiger partial charge in [-0.25, -0.2) is 0 Å². The highest BCUT2D eigenvalue weighted by atomic mass is 19.3. The maximum atomic E-state index is 12.1. The third kappa shape index (κ3) is 8.31. The Balaban J connectivity index is 1.65. The number of oxime groups is 1. The van der Waals surface area contributed by atoms with Gasteiger partial charge in [0.05, 0.1) is 6.21 Å². The molecule has 0 saturated heterocycles. The molecule has 0 aliphatic rings. The summed E-state index contributed by atoms with van der Waals surface area (Å²) < 4.78 is 28.4. The van der Waals surface area contributed by atoms with Crippen LogP contribution in [0, 0.1) is 0 Å². The summed E-state index contributed by atoms with van der Waals surface area (Å²) in [6, 6.07) is 16.0. The zero-order valence-electron chi connectivity index (χ0n) is 15.0. The summed E-state index contributed by atoms with van der Waals surface area (Å²) in [6.45, 7) is -1.12. The molecule has 1 N–H and O–H groups in total. The number of benzene rings is 2. The van der Waals surface area contributed by atoms with Gasteiger partial charge in [0.25, 0.3) is 5.91 Å². The number of alkyl halides is 2. The predicted molar refractivity (Wildman–Crippen MR) is 99.0 cm³/mol. The van der Waals surface area contributed by atoms with Crippen LogP contribution in [0.3, 0.4) is 0 Å². The first-order valence-electron chi connectivity index (χ1n) is 8.56. The molecular weight excluding hydrogens is 354 g/mol. The zero-order valence-corrected chi connectivity index (χ0v) is 15.0. The summed E-state index contributed by atoms with van der Waals surface area (Å²) in [5.74, 6) is -0.194. The van der Waals surface area contributed by atoms with Crippen LogP contribution >= 0.6 is 0 Å². The average Bonchev–Trinajstić information content (AvgIpc) is 2.65. The normalized spacial score (nSPS) is 12.1. The highest BCUT2D eigenvalue weighted by Gasteiger charge is 2.08. The first kappa shape index (κ1) is 20.4. The Morgan fingerprint density at radius 1 is 1.15 bits per heavy atom. The van der Waals surface area contributed by atoms with Gasteiger partial charge < -0.3 is 14.9 Å². The van der Waals surface area contributed by atoms with Crippen LogP contribution in [0.5, 0.6) is 5.75 Å². The highest BCUT2D eigenvalue weighted by molar-refractivity contribution is 5.80. The maximum Gasteiger partial charge on any atom is 0.387 e. The van der Waals surface area contributed by atoms with Crippen molar-refractivity contribution in [2.45, 2.75) is 32.4 Å². The number of halogens is 2. The fraction of sp³-hybridized carbons (Fsp3) is 0.300. The van der Waals surface area contributed by atoms with E-state index in [1.54, 1.807) is 12.1 Å². The van der Waals surface area contributed by atoms with Crippen molar-refractivity contribution in [3.05, 3.63) is 65.7 Å². The summed E-state index contributed by atoms with van der Waals surface area (Å²) in [5, 5.41) is 6.55. The minimum Gasteiger partial charge on any atom is -0.435 e. The van der Waals surface area contributed by atoms with Crippen LogP contribution in [-0.2, 0) is 16.1 Å². The first-order valence-corrected chi connectivity index (χ1v) is 8.56. The molecule has 1 amide bonds. The van der Waals surface area contributed by atoms with Gasteiger partial charge in [0.15, 0.2) is 6.61 Å². The van der Waals surface area contributed by atoms with Gasteiger partial charge in [-0.05, 0) is 55.2 Å². The molecule has 1 atom stereocenters. The van der Waals surface area contributed by atoms with Crippen molar-refractivity contribution in [2.24, 2.45) is 5.16 Å². The number of nitrogens with one attached hydrogen (secondary N) is 1. The van der Waals surface area contributed by atoms with E-state index < -0.39 is 6.61 Å². The van der Waals surface area contributed by atoms with E-state index in [0.717, 1.165) is 12.8 Å². The Morgan fingerprint density at radius 3 is 2.52 bits per heavy atom. The Hall–Kier alpha value is -2.96. The second-order valence-corrected chi connectivity index (χ2v) is 5.95. The molecule has 27 heavy (non-hydrogen) atoms. The third-order valence-electron chi connectivity index (χ3n) is 3.69. The Labute approximate surface area is 157 Å². The monoisotopic (exact) mass is 376 g/mol. The second kappa shape index (κ2) is 10.9. The molecule has 0 aromatic heterocycles. The largest absolute Gasteiger partial charge is 0.435 e. The lowest BCUT2D eigenvalue weighted by atomic mass is 10.1. The van der Waals surface area contributed by atoms with Gasteiger partial charge in [0.2, 0.25) is 0 Å². The average molecular weight is 376 g/mol. The predicted octanol–water partition coefficient (Wildman–Crippen LogP) is 3.78. The minimum atomic E-state index is -2.86. The van der Waals surface area contributed by atoms with E-state index >= 15 is 0 Å². The number of carbonyl (C=O) groups excluding carboxylic acids is 1. The summed E-state index contributed by atoms with van der Waals surface area (Å²) >= 11 is 0. The van der Waals surface area contributed by atoms with Crippen LogP contribution in [0.2, 0.25) is 0 Å². The van der Waals surface area contributed by atoms with Crippen LogP contribution in [0.4, 0.5) is 8.78 Å². The maximum absolute atomic E-state index is 12.1. The van der Waals surface area contributed by atoms with Crippen LogP contribution in [0.15, 0.2) is 59.8 Å². The molecule has 0 saturated carbocycles. The van der Waals surface area contributed by atoms with Crippen molar-refractivity contribution in [1.29, 1.82) is 0 Å². The van der Waals surface area contributed by atoms with Crippen molar-refractivity contribution in [1.82, 2.24) is 5.32 Å². The van der Waals surface area contributed by atoms with Crippen LogP contribution in [-0.4, -0.2) is 31.4 Å². The van der Waals surface area contributed by atoms with Gasteiger partial charge in [-0.15, -0.1) is 0 Å². The Bertz CT molecular complexity index is 722. The van der Waals surface area contributed by atoms with Crippen molar-refractivity contribution < 1.29 is 23.1 Å². The fourth-order valence-electron chi connectivity index (χ4n) is 2.35. The summed E-state index contributed by atoms with van der Waals surface area (Å²) in [6.07, 6.45) is 3.09.